The number of benzene rings is 1. The van der Waals surface area contributed by atoms with Crippen molar-refractivity contribution >= 4 is 0 Å². The SMILES string of the molecule is CC(C)C(NCCO)C(O)c1cc(F)ccc1F. The van der Waals surface area contributed by atoms with Crippen LogP contribution in [-0.4, -0.2) is 29.4 Å². The molecule has 1 aromatic rings. The quantitative estimate of drug-likeness (QED) is 0.727. The van der Waals surface area contributed by atoms with Crippen LogP contribution >= 0.6 is 0 Å². The van der Waals surface area contributed by atoms with E-state index in [9.17, 15) is 13.9 Å². The highest BCUT2D eigenvalue weighted by molar-refractivity contribution is 5.22. The minimum atomic E-state index is -1.16. The van der Waals surface area contributed by atoms with Gasteiger partial charge < -0.3 is 15.5 Å². The second kappa shape index (κ2) is 6.78. The minimum absolute atomic E-state index is 0.00853. The zero-order chi connectivity index (χ0) is 13.7. The van der Waals surface area contributed by atoms with Crippen molar-refractivity contribution in [2.45, 2.75) is 26.0 Å². The molecule has 0 heterocycles. The summed E-state index contributed by atoms with van der Waals surface area (Å²) in [5.41, 5.74) is -0.0702. The Morgan fingerprint density at radius 2 is 1.94 bits per heavy atom. The number of aliphatic hydroxyl groups is 2. The molecule has 0 amide bonds. The largest absolute Gasteiger partial charge is 0.395 e. The third-order valence-corrected chi connectivity index (χ3v) is 2.83. The lowest BCUT2D eigenvalue weighted by atomic mass is 9.93. The van der Waals surface area contributed by atoms with E-state index in [-0.39, 0.29) is 24.6 Å². The third kappa shape index (κ3) is 3.73. The summed E-state index contributed by atoms with van der Waals surface area (Å²) < 4.78 is 26.6. The highest BCUT2D eigenvalue weighted by Gasteiger charge is 2.26. The Balaban J connectivity index is 2.93. The molecule has 102 valence electrons. The summed E-state index contributed by atoms with van der Waals surface area (Å²) >= 11 is 0. The van der Waals surface area contributed by atoms with Gasteiger partial charge >= 0.3 is 0 Å². The van der Waals surface area contributed by atoms with E-state index < -0.39 is 23.8 Å². The Bertz CT molecular complexity index is 385. The van der Waals surface area contributed by atoms with Gasteiger partial charge in [0.25, 0.3) is 0 Å². The van der Waals surface area contributed by atoms with Crippen LogP contribution in [0.1, 0.15) is 25.5 Å². The fourth-order valence-electron chi connectivity index (χ4n) is 1.88. The molecule has 0 saturated carbocycles. The Morgan fingerprint density at radius 3 is 2.50 bits per heavy atom. The van der Waals surface area contributed by atoms with Crippen LogP contribution in [0.2, 0.25) is 0 Å². The first kappa shape index (κ1) is 15.0. The van der Waals surface area contributed by atoms with Crippen LogP contribution in [0, 0.1) is 17.6 Å². The molecule has 5 heteroatoms. The van der Waals surface area contributed by atoms with E-state index in [4.69, 9.17) is 5.11 Å². The number of rotatable bonds is 6. The van der Waals surface area contributed by atoms with Crippen LogP contribution in [0.25, 0.3) is 0 Å². The van der Waals surface area contributed by atoms with E-state index in [1.54, 1.807) is 0 Å². The Morgan fingerprint density at radius 1 is 1.28 bits per heavy atom. The van der Waals surface area contributed by atoms with E-state index in [2.05, 4.69) is 5.32 Å². The highest BCUT2D eigenvalue weighted by atomic mass is 19.1. The van der Waals surface area contributed by atoms with Crippen LogP contribution in [0.5, 0.6) is 0 Å². The number of aliphatic hydroxyl groups excluding tert-OH is 2. The summed E-state index contributed by atoms with van der Waals surface area (Å²) in [5.74, 6) is -1.22. The van der Waals surface area contributed by atoms with Crippen molar-refractivity contribution < 1.29 is 19.0 Å². The Kier molecular flexibility index (Phi) is 5.65. The van der Waals surface area contributed by atoms with Gasteiger partial charge in [-0.2, -0.15) is 0 Å². The summed E-state index contributed by atoms with van der Waals surface area (Å²) in [6.45, 7) is 3.92. The molecule has 0 bridgehead atoms. The van der Waals surface area contributed by atoms with Gasteiger partial charge in [-0.1, -0.05) is 13.8 Å². The first-order valence-corrected chi connectivity index (χ1v) is 5.94. The van der Waals surface area contributed by atoms with Crippen LogP contribution in [0.15, 0.2) is 18.2 Å². The van der Waals surface area contributed by atoms with E-state index in [0.29, 0.717) is 0 Å². The number of hydrogen-bond acceptors (Lipinski definition) is 3. The lowest BCUT2D eigenvalue weighted by Crippen LogP contribution is -2.41. The smallest absolute Gasteiger partial charge is 0.129 e. The van der Waals surface area contributed by atoms with Crippen molar-refractivity contribution in [3.05, 3.63) is 35.4 Å². The molecule has 0 aliphatic heterocycles. The second-order valence-electron chi connectivity index (χ2n) is 4.56. The molecule has 0 radical (unpaired) electrons. The Labute approximate surface area is 105 Å². The molecule has 2 unspecified atom stereocenters. The maximum absolute atomic E-state index is 13.6. The zero-order valence-electron chi connectivity index (χ0n) is 10.5. The van der Waals surface area contributed by atoms with Crippen molar-refractivity contribution in [1.29, 1.82) is 0 Å². The number of halogens is 2. The maximum Gasteiger partial charge on any atom is 0.129 e. The maximum atomic E-state index is 13.6. The van der Waals surface area contributed by atoms with Crippen molar-refractivity contribution in [3.8, 4) is 0 Å². The van der Waals surface area contributed by atoms with Gasteiger partial charge in [0.15, 0.2) is 0 Å². The van der Waals surface area contributed by atoms with Crippen LogP contribution < -0.4 is 5.32 Å². The molecule has 18 heavy (non-hydrogen) atoms. The summed E-state index contributed by atoms with van der Waals surface area (Å²) in [7, 11) is 0. The summed E-state index contributed by atoms with van der Waals surface area (Å²) in [6.07, 6.45) is -1.16. The van der Waals surface area contributed by atoms with Crippen LogP contribution in [-0.2, 0) is 0 Å². The lowest BCUT2D eigenvalue weighted by molar-refractivity contribution is 0.0979. The first-order valence-electron chi connectivity index (χ1n) is 5.94. The van der Waals surface area contributed by atoms with Gasteiger partial charge in [0.05, 0.1) is 12.7 Å². The van der Waals surface area contributed by atoms with Gasteiger partial charge in [0, 0.05) is 18.2 Å². The Hall–Kier alpha value is -1.04. The van der Waals surface area contributed by atoms with Gasteiger partial charge in [-0.05, 0) is 24.1 Å². The molecule has 0 spiro atoms. The minimum Gasteiger partial charge on any atom is -0.395 e. The van der Waals surface area contributed by atoms with E-state index in [1.165, 1.54) is 0 Å². The average Bonchev–Trinajstić information content (AvgIpc) is 2.32. The van der Waals surface area contributed by atoms with Crippen LogP contribution in [0.3, 0.4) is 0 Å². The van der Waals surface area contributed by atoms with Gasteiger partial charge in [0.2, 0.25) is 0 Å². The fraction of sp³-hybridized carbons (Fsp3) is 0.538. The van der Waals surface area contributed by atoms with Crippen LogP contribution in [0.4, 0.5) is 8.78 Å². The molecule has 1 aromatic carbocycles. The van der Waals surface area contributed by atoms with E-state index >= 15 is 0 Å². The molecule has 1 rings (SSSR count). The van der Waals surface area contributed by atoms with Gasteiger partial charge in [-0.3, -0.25) is 0 Å². The summed E-state index contributed by atoms with van der Waals surface area (Å²) in [4.78, 5) is 0. The molecule has 3 N–H and O–H groups in total. The molecule has 0 aromatic heterocycles. The van der Waals surface area contributed by atoms with Gasteiger partial charge in [-0.25, -0.2) is 8.78 Å². The van der Waals surface area contributed by atoms with Crippen molar-refractivity contribution in [3.63, 3.8) is 0 Å². The van der Waals surface area contributed by atoms with Crippen molar-refractivity contribution in [2.24, 2.45) is 5.92 Å². The monoisotopic (exact) mass is 259 g/mol. The summed E-state index contributed by atoms with van der Waals surface area (Å²) in [5, 5.41) is 21.8. The molecular weight excluding hydrogens is 240 g/mol. The molecule has 0 fully saturated rings. The molecule has 0 aliphatic rings. The van der Waals surface area contributed by atoms with Gasteiger partial charge in [-0.15, -0.1) is 0 Å². The predicted molar refractivity (Wildman–Crippen MR) is 65.0 cm³/mol. The summed E-state index contributed by atoms with van der Waals surface area (Å²) in [6, 6.07) is 2.55. The number of nitrogens with one attached hydrogen (secondary N) is 1. The topological polar surface area (TPSA) is 52.5 Å². The molecular formula is C13H19F2NO2. The standard InChI is InChI=1S/C13H19F2NO2/c1-8(2)12(16-5-6-17)13(18)10-7-9(14)3-4-11(10)15/h3-4,7-8,12-13,16-18H,5-6H2,1-2H3. The molecule has 0 aliphatic carbocycles. The average molecular weight is 259 g/mol. The molecule has 3 nitrogen and oxygen atoms in total. The van der Waals surface area contributed by atoms with Crippen molar-refractivity contribution in [1.82, 2.24) is 5.32 Å². The van der Waals surface area contributed by atoms with E-state index in [0.717, 1.165) is 18.2 Å². The zero-order valence-corrected chi connectivity index (χ0v) is 10.5. The van der Waals surface area contributed by atoms with Gasteiger partial charge in [0.1, 0.15) is 11.6 Å². The fourth-order valence-corrected chi connectivity index (χ4v) is 1.88. The third-order valence-electron chi connectivity index (χ3n) is 2.83. The number of hydrogen-bond donors (Lipinski definition) is 3. The highest BCUT2D eigenvalue weighted by Crippen LogP contribution is 2.24. The second-order valence-corrected chi connectivity index (χ2v) is 4.56. The molecule has 0 saturated heterocycles. The van der Waals surface area contributed by atoms with Crippen molar-refractivity contribution in [2.75, 3.05) is 13.2 Å². The molecule has 2 atom stereocenters. The normalized spacial score (nSPS) is 14.8. The van der Waals surface area contributed by atoms with E-state index in [1.807, 2.05) is 13.8 Å². The predicted octanol–water partition coefficient (Wildman–Crippen LogP) is 1.60. The first-order chi connectivity index (χ1) is 8.47. The lowest BCUT2D eigenvalue weighted by Gasteiger charge is -2.28.